The molecule has 0 amide bonds. The van der Waals surface area contributed by atoms with Crippen LogP contribution in [0.3, 0.4) is 0 Å². The van der Waals surface area contributed by atoms with Crippen LogP contribution in [0.5, 0.6) is 5.75 Å². The largest absolute Gasteiger partial charge is 0.494 e. The van der Waals surface area contributed by atoms with Crippen LogP contribution in [0.2, 0.25) is 0 Å². The summed E-state index contributed by atoms with van der Waals surface area (Å²) in [7, 11) is 0. The number of aliphatic imine (C=N–C) groups is 1. The summed E-state index contributed by atoms with van der Waals surface area (Å²) in [4.78, 5) is 7.27. The topological polar surface area (TPSA) is 48.9 Å². The third-order valence-corrected chi connectivity index (χ3v) is 5.81. The second kappa shape index (κ2) is 11.0. The predicted molar refractivity (Wildman–Crippen MR) is 120 cm³/mol. The zero-order valence-electron chi connectivity index (χ0n) is 17.0. The molecule has 1 aromatic heterocycles. The molecule has 1 fully saturated rings. The van der Waals surface area contributed by atoms with Crippen LogP contribution < -0.4 is 20.3 Å². The van der Waals surface area contributed by atoms with Gasteiger partial charge in [-0.25, -0.2) is 0 Å². The van der Waals surface area contributed by atoms with Crippen molar-refractivity contribution in [1.82, 2.24) is 10.6 Å². The number of guanidine groups is 1. The Morgan fingerprint density at radius 3 is 2.79 bits per heavy atom. The van der Waals surface area contributed by atoms with Crippen LogP contribution in [0.25, 0.3) is 0 Å². The summed E-state index contributed by atoms with van der Waals surface area (Å²) in [6.45, 7) is 8.65. The molecule has 2 heterocycles. The summed E-state index contributed by atoms with van der Waals surface area (Å²) in [6.07, 6.45) is 3.19. The smallest absolute Gasteiger partial charge is 0.191 e. The molecule has 2 N–H and O–H groups in total. The highest BCUT2D eigenvalue weighted by atomic mass is 32.1. The van der Waals surface area contributed by atoms with Crippen LogP contribution in [-0.4, -0.2) is 44.8 Å². The van der Waals surface area contributed by atoms with Crippen molar-refractivity contribution >= 4 is 22.3 Å². The van der Waals surface area contributed by atoms with E-state index in [-0.39, 0.29) is 0 Å². The Bertz CT molecular complexity index is 724. The number of thiophene rings is 1. The van der Waals surface area contributed by atoms with E-state index in [9.17, 15) is 0 Å². The van der Waals surface area contributed by atoms with Crippen LogP contribution in [0.1, 0.15) is 32.3 Å². The Labute approximate surface area is 172 Å². The Morgan fingerprint density at radius 2 is 2.07 bits per heavy atom. The number of rotatable bonds is 8. The average molecular weight is 401 g/mol. The molecule has 6 heteroatoms. The van der Waals surface area contributed by atoms with Crippen molar-refractivity contribution in [3.8, 4) is 5.75 Å². The molecule has 1 saturated heterocycles. The van der Waals surface area contributed by atoms with Crippen molar-refractivity contribution in [2.75, 3.05) is 37.7 Å². The van der Waals surface area contributed by atoms with Gasteiger partial charge in [0, 0.05) is 32.2 Å². The monoisotopic (exact) mass is 400 g/mol. The Balaban J connectivity index is 1.48. The first-order valence-corrected chi connectivity index (χ1v) is 11.2. The van der Waals surface area contributed by atoms with Crippen molar-refractivity contribution < 1.29 is 4.74 Å². The van der Waals surface area contributed by atoms with E-state index >= 15 is 0 Å². The van der Waals surface area contributed by atoms with E-state index in [2.05, 4.69) is 58.2 Å². The standard InChI is InChI=1S/C22H32N4OS/c1-3-23-22(24-13-10-18-7-5-8-20(17-18)27-4-2)25-19-11-14-26(15-12-19)21-9-6-16-28-21/h5-9,16-17,19H,3-4,10-15H2,1-2H3,(H2,23,24,25). The number of nitrogens with one attached hydrogen (secondary N) is 2. The fourth-order valence-corrected chi connectivity index (χ4v) is 4.25. The summed E-state index contributed by atoms with van der Waals surface area (Å²) in [5.74, 6) is 1.87. The van der Waals surface area contributed by atoms with Crippen LogP contribution in [0, 0.1) is 0 Å². The Hall–Kier alpha value is -2.21. The molecule has 0 radical (unpaired) electrons. The molecule has 0 aliphatic carbocycles. The number of nitrogens with zero attached hydrogens (tertiary/aromatic N) is 2. The molecule has 2 aromatic rings. The molecule has 5 nitrogen and oxygen atoms in total. The van der Waals surface area contributed by atoms with Crippen LogP contribution in [-0.2, 0) is 6.42 Å². The van der Waals surface area contributed by atoms with Gasteiger partial charge in [-0.15, -0.1) is 11.3 Å². The molecule has 0 saturated carbocycles. The highest BCUT2D eigenvalue weighted by Gasteiger charge is 2.20. The molecule has 152 valence electrons. The molecule has 0 atom stereocenters. The minimum absolute atomic E-state index is 0.482. The Kier molecular flexibility index (Phi) is 8.03. The van der Waals surface area contributed by atoms with Crippen molar-refractivity contribution in [1.29, 1.82) is 0 Å². The maximum atomic E-state index is 5.58. The first-order chi connectivity index (χ1) is 13.8. The van der Waals surface area contributed by atoms with E-state index in [1.807, 2.05) is 24.3 Å². The van der Waals surface area contributed by atoms with Gasteiger partial charge in [0.25, 0.3) is 0 Å². The molecule has 0 unspecified atom stereocenters. The van der Waals surface area contributed by atoms with Gasteiger partial charge in [0.2, 0.25) is 0 Å². The molecule has 0 spiro atoms. The number of benzene rings is 1. The fourth-order valence-electron chi connectivity index (χ4n) is 3.46. The maximum Gasteiger partial charge on any atom is 0.191 e. The second-order valence-electron chi connectivity index (χ2n) is 6.95. The summed E-state index contributed by atoms with van der Waals surface area (Å²) in [5.41, 5.74) is 1.26. The lowest BCUT2D eigenvalue weighted by atomic mass is 10.1. The lowest BCUT2D eigenvalue weighted by Gasteiger charge is -2.33. The molecule has 1 aliphatic rings. The molecule has 3 rings (SSSR count). The molecule has 28 heavy (non-hydrogen) atoms. The van der Waals surface area contributed by atoms with Crippen molar-refractivity contribution in [2.24, 2.45) is 4.99 Å². The molecule has 1 aliphatic heterocycles. The molecular weight excluding hydrogens is 368 g/mol. The van der Waals surface area contributed by atoms with Gasteiger partial charge in [-0.2, -0.15) is 0 Å². The van der Waals surface area contributed by atoms with E-state index < -0.39 is 0 Å². The first kappa shape index (κ1) is 20.5. The summed E-state index contributed by atoms with van der Waals surface area (Å²) >= 11 is 1.83. The van der Waals surface area contributed by atoms with Crippen molar-refractivity contribution in [2.45, 2.75) is 39.2 Å². The van der Waals surface area contributed by atoms with Crippen LogP contribution >= 0.6 is 11.3 Å². The summed E-state index contributed by atoms with van der Waals surface area (Å²) < 4.78 is 5.58. The highest BCUT2D eigenvalue weighted by molar-refractivity contribution is 7.14. The molecular formula is C22H32N4OS. The fraction of sp³-hybridized carbons (Fsp3) is 0.500. The number of hydrogen-bond acceptors (Lipinski definition) is 4. The van der Waals surface area contributed by atoms with Gasteiger partial charge in [-0.3, -0.25) is 4.99 Å². The number of anilines is 1. The lowest BCUT2D eigenvalue weighted by Crippen LogP contribution is -2.48. The van der Waals surface area contributed by atoms with Crippen LogP contribution in [0.15, 0.2) is 46.8 Å². The second-order valence-corrected chi connectivity index (χ2v) is 7.87. The summed E-state index contributed by atoms with van der Waals surface area (Å²) in [6, 6.07) is 13.1. The van der Waals surface area contributed by atoms with Gasteiger partial charge in [0.1, 0.15) is 5.75 Å². The highest BCUT2D eigenvalue weighted by Crippen LogP contribution is 2.24. The van der Waals surface area contributed by atoms with E-state index in [4.69, 9.17) is 9.73 Å². The summed E-state index contributed by atoms with van der Waals surface area (Å²) in [5, 5.41) is 10.6. The van der Waals surface area contributed by atoms with Gasteiger partial charge in [0.05, 0.1) is 11.6 Å². The zero-order chi connectivity index (χ0) is 19.6. The SMILES string of the molecule is CCNC(=NCCc1cccc(OCC)c1)NC1CCN(c2cccs2)CC1. The van der Waals surface area contributed by atoms with E-state index in [1.54, 1.807) is 0 Å². The zero-order valence-corrected chi connectivity index (χ0v) is 17.8. The predicted octanol–water partition coefficient (Wildman–Crippen LogP) is 3.91. The minimum atomic E-state index is 0.482. The Morgan fingerprint density at radius 1 is 1.21 bits per heavy atom. The number of ether oxygens (including phenoxy) is 1. The first-order valence-electron chi connectivity index (χ1n) is 10.3. The average Bonchev–Trinajstić information content (AvgIpc) is 3.24. The van der Waals surface area contributed by atoms with Crippen molar-refractivity contribution in [3.05, 3.63) is 47.3 Å². The minimum Gasteiger partial charge on any atom is -0.494 e. The van der Waals surface area contributed by atoms with E-state index in [0.29, 0.717) is 12.6 Å². The van der Waals surface area contributed by atoms with Gasteiger partial charge in [0.15, 0.2) is 5.96 Å². The lowest BCUT2D eigenvalue weighted by molar-refractivity contribution is 0.340. The quantitative estimate of drug-likeness (QED) is 0.521. The van der Waals surface area contributed by atoms with E-state index in [0.717, 1.165) is 57.2 Å². The number of hydrogen-bond donors (Lipinski definition) is 2. The third kappa shape index (κ3) is 6.16. The van der Waals surface area contributed by atoms with Gasteiger partial charge in [-0.1, -0.05) is 12.1 Å². The molecule has 1 aromatic carbocycles. The molecule has 0 bridgehead atoms. The number of piperidine rings is 1. The maximum absolute atomic E-state index is 5.58. The van der Waals surface area contributed by atoms with Gasteiger partial charge in [-0.05, 0) is 68.3 Å². The van der Waals surface area contributed by atoms with Crippen molar-refractivity contribution in [3.63, 3.8) is 0 Å². The van der Waals surface area contributed by atoms with Gasteiger partial charge < -0.3 is 20.3 Å². The van der Waals surface area contributed by atoms with E-state index in [1.165, 1.54) is 10.6 Å². The normalized spacial score (nSPS) is 15.5. The van der Waals surface area contributed by atoms with Gasteiger partial charge >= 0.3 is 0 Å². The third-order valence-electron chi connectivity index (χ3n) is 4.88. The van der Waals surface area contributed by atoms with Crippen LogP contribution in [0.4, 0.5) is 5.00 Å².